The van der Waals surface area contributed by atoms with E-state index < -0.39 is 22.3 Å². The third kappa shape index (κ3) is 30.9. The third-order valence-electron chi connectivity index (χ3n) is 3.10. The van der Waals surface area contributed by atoms with Gasteiger partial charge in [0.05, 0.1) is 6.61 Å². The highest BCUT2D eigenvalue weighted by Gasteiger charge is 2.02. The quantitative estimate of drug-likeness (QED) is 0.236. The van der Waals surface area contributed by atoms with Crippen LogP contribution in [-0.4, -0.2) is 41.7 Å². The Kier molecular flexibility index (Phi) is 17.9. The molecule has 0 aromatic carbocycles. The molecule has 0 bridgehead atoms. The molecule has 0 fully saturated rings. The highest BCUT2D eigenvalue weighted by atomic mass is 32.3. The van der Waals surface area contributed by atoms with Gasteiger partial charge in [0, 0.05) is 12.2 Å². The Morgan fingerprint density at radius 3 is 1.48 bits per heavy atom. The molecule has 0 aliphatic rings. The van der Waals surface area contributed by atoms with Crippen LogP contribution in [0.15, 0.2) is 12.2 Å². The van der Waals surface area contributed by atoms with Gasteiger partial charge >= 0.3 is 22.3 Å². The Balaban J connectivity index is 0. The molecule has 148 valence electrons. The molecule has 0 saturated heterocycles. The van der Waals surface area contributed by atoms with Crippen LogP contribution in [0.3, 0.4) is 0 Å². The predicted octanol–water partition coefficient (Wildman–Crippen LogP) is 3.44. The normalized spacial score (nSPS) is 11.1. The zero-order valence-corrected chi connectivity index (χ0v) is 15.5. The van der Waals surface area contributed by atoms with Crippen molar-refractivity contribution in [3.8, 4) is 0 Å². The molecule has 0 amide bonds. The molecule has 0 spiro atoms. The predicted molar refractivity (Wildman–Crippen MR) is 93.8 cm³/mol. The monoisotopic (exact) mass is 382 g/mol. The van der Waals surface area contributed by atoms with Crippen molar-refractivity contribution in [1.29, 1.82) is 0 Å². The summed E-state index contributed by atoms with van der Waals surface area (Å²) in [5, 5.41) is 15.6. The first-order chi connectivity index (χ1) is 11.7. The van der Waals surface area contributed by atoms with Crippen LogP contribution in [-0.2, 0) is 24.2 Å². The third-order valence-corrected chi connectivity index (χ3v) is 3.56. The molecular formula is C16H30O8S. The van der Waals surface area contributed by atoms with Gasteiger partial charge < -0.3 is 10.2 Å². The lowest BCUT2D eigenvalue weighted by molar-refractivity contribution is -0.134. The fourth-order valence-electron chi connectivity index (χ4n) is 1.90. The summed E-state index contributed by atoms with van der Waals surface area (Å²) in [7, 11) is -4.23. The second-order valence-electron chi connectivity index (χ2n) is 5.44. The molecule has 0 radical (unpaired) electrons. The van der Waals surface area contributed by atoms with E-state index in [4.69, 9.17) is 14.8 Å². The van der Waals surface area contributed by atoms with Gasteiger partial charge in [-0.05, 0) is 6.42 Å². The van der Waals surface area contributed by atoms with E-state index in [0.29, 0.717) is 18.6 Å². The van der Waals surface area contributed by atoms with Crippen LogP contribution in [0, 0.1) is 0 Å². The van der Waals surface area contributed by atoms with Crippen molar-refractivity contribution in [1.82, 2.24) is 0 Å². The number of hydrogen-bond donors (Lipinski definition) is 3. The average Bonchev–Trinajstić information content (AvgIpc) is 2.50. The first-order valence-corrected chi connectivity index (χ1v) is 9.81. The highest BCUT2D eigenvalue weighted by molar-refractivity contribution is 7.80. The van der Waals surface area contributed by atoms with Gasteiger partial charge in [0.15, 0.2) is 0 Å². The summed E-state index contributed by atoms with van der Waals surface area (Å²) >= 11 is 0. The Morgan fingerprint density at radius 1 is 0.800 bits per heavy atom. The SMILES string of the molecule is CCCCCCCCCCCCOS(=O)(=O)O.O=C(O)/C=C/C(=O)O. The summed E-state index contributed by atoms with van der Waals surface area (Å²) < 4.78 is 33.0. The fraction of sp³-hybridized carbons (Fsp3) is 0.750. The Hall–Kier alpha value is -1.45. The van der Waals surface area contributed by atoms with Crippen molar-refractivity contribution in [2.75, 3.05) is 6.61 Å². The Morgan fingerprint density at radius 2 is 1.16 bits per heavy atom. The minimum Gasteiger partial charge on any atom is -0.478 e. The van der Waals surface area contributed by atoms with Gasteiger partial charge in [0.1, 0.15) is 0 Å². The fourth-order valence-corrected chi connectivity index (χ4v) is 2.22. The summed E-state index contributed by atoms with van der Waals surface area (Å²) in [4.78, 5) is 19.1. The Labute approximate surface area is 149 Å². The van der Waals surface area contributed by atoms with Gasteiger partial charge in [-0.2, -0.15) is 8.42 Å². The van der Waals surface area contributed by atoms with Crippen LogP contribution in [0.4, 0.5) is 0 Å². The van der Waals surface area contributed by atoms with Gasteiger partial charge in [-0.15, -0.1) is 0 Å². The number of rotatable bonds is 14. The second kappa shape index (κ2) is 17.4. The number of carboxylic acids is 2. The molecule has 0 unspecified atom stereocenters. The van der Waals surface area contributed by atoms with Gasteiger partial charge in [-0.3, -0.25) is 4.55 Å². The lowest BCUT2D eigenvalue weighted by atomic mass is 10.1. The van der Waals surface area contributed by atoms with Crippen molar-refractivity contribution in [3.05, 3.63) is 12.2 Å². The molecule has 0 heterocycles. The summed E-state index contributed by atoms with van der Waals surface area (Å²) in [5.41, 5.74) is 0. The smallest absolute Gasteiger partial charge is 0.397 e. The van der Waals surface area contributed by atoms with E-state index in [1.165, 1.54) is 44.9 Å². The molecule has 3 N–H and O–H groups in total. The van der Waals surface area contributed by atoms with E-state index in [2.05, 4.69) is 11.1 Å². The highest BCUT2D eigenvalue weighted by Crippen LogP contribution is 2.10. The number of unbranched alkanes of at least 4 members (excludes halogenated alkanes) is 9. The van der Waals surface area contributed by atoms with Gasteiger partial charge in [0.25, 0.3) is 0 Å². The molecule has 0 saturated carbocycles. The number of carboxylic acid groups (broad SMARTS) is 2. The van der Waals surface area contributed by atoms with E-state index >= 15 is 0 Å². The molecule has 8 nitrogen and oxygen atoms in total. The first kappa shape index (κ1) is 25.8. The van der Waals surface area contributed by atoms with E-state index in [1.807, 2.05) is 0 Å². The molecule has 0 atom stereocenters. The van der Waals surface area contributed by atoms with E-state index in [0.717, 1.165) is 12.8 Å². The molecule has 0 aromatic heterocycles. The molecule has 0 aliphatic heterocycles. The molecule has 0 rings (SSSR count). The van der Waals surface area contributed by atoms with E-state index in [-0.39, 0.29) is 6.61 Å². The number of carbonyl (C=O) groups is 2. The molecule has 25 heavy (non-hydrogen) atoms. The minimum absolute atomic E-state index is 0.0926. The van der Waals surface area contributed by atoms with Crippen molar-refractivity contribution < 1.29 is 37.0 Å². The Bertz CT molecular complexity index is 455. The van der Waals surface area contributed by atoms with Crippen molar-refractivity contribution in [2.24, 2.45) is 0 Å². The maximum absolute atomic E-state index is 10.2. The number of hydrogen-bond acceptors (Lipinski definition) is 5. The standard InChI is InChI=1S/C12H26O4S.C4H4O4/c1-2-3-4-5-6-7-8-9-10-11-12-16-17(13,14)15;5-3(6)1-2-4(7)8/h2-12H2,1H3,(H,13,14,15);1-2H,(H,5,6)(H,7,8)/b;2-1+. The number of aliphatic carboxylic acids is 2. The zero-order valence-electron chi connectivity index (χ0n) is 14.7. The van der Waals surface area contributed by atoms with Gasteiger partial charge in [-0.1, -0.05) is 64.7 Å². The maximum Gasteiger partial charge on any atom is 0.397 e. The van der Waals surface area contributed by atoms with Gasteiger partial charge in [-0.25, -0.2) is 13.8 Å². The average molecular weight is 382 g/mol. The van der Waals surface area contributed by atoms with Crippen LogP contribution in [0.1, 0.15) is 71.1 Å². The van der Waals surface area contributed by atoms with Gasteiger partial charge in [0.2, 0.25) is 0 Å². The molecule has 0 aromatic rings. The molecule has 0 aliphatic carbocycles. The summed E-state index contributed by atoms with van der Waals surface area (Å²) in [5.74, 6) is -2.51. The second-order valence-corrected chi connectivity index (χ2v) is 6.53. The van der Waals surface area contributed by atoms with Crippen LogP contribution >= 0.6 is 0 Å². The van der Waals surface area contributed by atoms with Crippen LogP contribution in [0.25, 0.3) is 0 Å². The largest absolute Gasteiger partial charge is 0.478 e. The van der Waals surface area contributed by atoms with Crippen molar-refractivity contribution >= 4 is 22.3 Å². The zero-order chi connectivity index (χ0) is 19.6. The lowest BCUT2D eigenvalue weighted by Gasteiger charge is -2.02. The van der Waals surface area contributed by atoms with Crippen LogP contribution in [0.5, 0.6) is 0 Å². The molecule has 9 heteroatoms. The molecular weight excluding hydrogens is 352 g/mol. The maximum atomic E-state index is 10.2. The first-order valence-electron chi connectivity index (χ1n) is 8.44. The summed E-state index contributed by atoms with van der Waals surface area (Å²) in [6, 6.07) is 0. The van der Waals surface area contributed by atoms with Crippen molar-refractivity contribution in [3.63, 3.8) is 0 Å². The minimum atomic E-state index is -4.23. The topological polar surface area (TPSA) is 138 Å². The van der Waals surface area contributed by atoms with Crippen molar-refractivity contribution in [2.45, 2.75) is 71.1 Å². The van der Waals surface area contributed by atoms with Crippen LogP contribution < -0.4 is 0 Å². The van der Waals surface area contributed by atoms with Crippen LogP contribution in [0.2, 0.25) is 0 Å². The summed E-state index contributed by atoms with van der Waals surface area (Å²) in [6.07, 6.45) is 13.0. The lowest BCUT2D eigenvalue weighted by Crippen LogP contribution is -2.04. The summed E-state index contributed by atoms with van der Waals surface area (Å²) in [6.45, 7) is 2.31. The van der Waals surface area contributed by atoms with E-state index in [9.17, 15) is 18.0 Å². The van der Waals surface area contributed by atoms with E-state index in [1.54, 1.807) is 0 Å².